The number of nitrogens with one attached hydrogen (secondary N) is 1. The fraction of sp³-hybridized carbons (Fsp3) is 0.304. The highest BCUT2D eigenvalue weighted by atomic mass is 32.2. The molecule has 1 aliphatic heterocycles. The number of anilines is 1. The van der Waals surface area contributed by atoms with Gasteiger partial charge in [0.15, 0.2) is 0 Å². The standard InChI is InChI=1S/C23H26N2O4S2/c1-17-13-18(2)16-25(15-17)31(28,29)22-11-8-21(9-12-22)24-30(26,27)23-10-7-19-5-3-4-6-20(19)14-23/h3-12,14,17-18,24H,13,15-16H2,1-2H3. The molecule has 1 fully saturated rings. The molecule has 2 atom stereocenters. The van der Waals surface area contributed by atoms with Crippen LogP contribution in [0.5, 0.6) is 0 Å². The summed E-state index contributed by atoms with van der Waals surface area (Å²) in [4.78, 5) is 0.321. The Labute approximate surface area is 184 Å². The lowest BCUT2D eigenvalue weighted by molar-refractivity contribution is 0.222. The predicted octanol–water partition coefficient (Wildman–Crippen LogP) is 4.31. The van der Waals surface area contributed by atoms with Crippen LogP contribution < -0.4 is 4.72 Å². The van der Waals surface area contributed by atoms with Crippen molar-refractivity contribution >= 4 is 36.5 Å². The molecular weight excluding hydrogens is 432 g/mol. The first kappa shape index (κ1) is 21.8. The van der Waals surface area contributed by atoms with Gasteiger partial charge in [-0.2, -0.15) is 4.31 Å². The Bertz CT molecular complexity index is 1290. The molecule has 3 aromatic rings. The zero-order valence-electron chi connectivity index (χ0n) is 17.5. The van der Waals surface area contributed by atoms with Gasteiger partial charge in [-0.05, 0) is 65.4 Å². The quantitative estimate of drug-likeness (QED) is 0.618. The van der Waals surface area contributed by atoms with Gasteiger partial charge in [0.2, 0.25) is 10.0 Å². The summed E-state index contributed by atoms with van der Waals surface area (Å²) in [5.74, 6) is 0.623. The monoisotopic (exact) mass is 458 g/mol. The number of nitrogens with zero attached hydrogens (tertiary/aromatic N) is 1. The van der Waals surface area contributed by atoms with Crippen molar-refractivity contribution in [3.05, 3.63) is 66.7 Å². The van der Waals surface area contributed by atoms with Gasteiger partial charge in [0.1, 0.15) is 0 Å². The third-order valence-electron chi connectivity index (χ3n) is 5.61. The van der Waals surface area contributed by atoms with Crippen molar-refractivity contribution in [1.82, 2.24) is 4.31 Å². The molecule has 0 bridgehead atoms. The molecule has 0 aliphatic carbocycles. The van der Waals surface area contributed by atoms with E-state index in [1.54, 1.807) is 18.2 Å². The van der Waals surface area contributed by atoms with Crippen molar-refractivity contribution in [1.29, 1.82) is 0 Å². The maximum absolute atomic E-state index is 13.0. The smallest absolute Gasteiger partial charge is 0.261 e. The number of rotatable bonds is 5. The first-order valence-corrected chi connectivity index (χ1v) is 13.2. The Hall–Kier alpha value is -2.42. The number of piperidine rings is 1. The van der Waals surface area contributed by atoms with Crippen molar-refractivity contribution < 1.29 is 16.8 Å². The van der Waals surface area contributed by atoms with Gasteiger partial charge < -0.3 is 0 Å². The van der Waals surface area contributed by atoms with Gasteiger partial charge in [0.25, 0.3) is 10.0 Å². The van der Waals surface area contributed by atoms with E-state index >= 15 is 0 Å². The molecule has 0 amide bonds. The largest absolute Gasteiger partial charge is 0.280 e. The summed E-state index contributed by atoms with van der Waals surface area (Å²) >= 11 is 0. The SMILES string of the molecule is CC1CC(C)CN(S(=O)(=O)c2ccc(NS(=O)(=O)c3ccc4ccccc4c3)cc2)C1. The van der Waals surface area contributed by atoms with Crippen LogP contribution >= 0.6 is 0 Å². The van der Waals surface area contributed by atoms with E-state index in [0.717, 1.165) is 17.2 Å². The molecule has 3 aromatic carbocycles. The fourth-order valence-electron chi connectivity index (χ4n) is 4.19. The molecule has 6 nitrogen and oxygen atoms in total. The molecule has 1 saturated heterocycles. The molecule has 0 radical (unpaired) electrons. The minimum atomic E-state index is -3.80. The van der Waals surface area contributed by atoms with E-state index < -0.39 is 20.0 Å². The zero-order chi connectivity index (χ0) is 22.2. The summed E-state index contributed by atoms with van der Waals surface area (Å²) in [5, 5.41) is 1.79. The summed E-state index contributed by atoms with van der Waals surface area (Å²) in [7, 11) is -7.41. The summed E-state index contributed by atoms with van der Waals surface area (Å²) < 4.78 is 55.7. The second kappa shape index (κ2) is 8.26. The molecule has 2 unspecified atom stereocenters. The van der Waals surface area contributed by atoms with Crippen LogP contribution in [-0.4, -0.2) is 34.2 Å². The van der Waals surface area contributed by atoms with Crippen molar-refractivity contribution in [2.75, 3.05) is 17.8 Å². The predicted molar refractivity (Wildman–Crippen MR) is 123 cm³/mol. The van der Waals surface area contributed by atoms with E-state index in [0.29, 0.717) is 30.6 Å². The van der Waals surface area contributed by atoms with E-state index in [-0.39, 0.29) is 9.79 Å². The van der Waals surface area contributed by atoms with Gasteiger partial charge in [-0.1, -0.05) is 44.2 Å². The Morgan fingerprint density at radius 3 is 2.00 bits per heavy atom. The molecule has 4 rings (SSSR count). The zero-order valence-corrected chi connectivity index (χ0v) is 19.2. The first-order chi connectivity index (χ1) is 14.6. The minimum absolute atomic E-state index is 0.152. The molecule has 0 saturated carbocycles. The van der Waals surface area contributed by atoms with Crippen LogP contribution in [0.4, 0.5) is 5.69 Å². The summed E-state index contributed by atoms with van der Waals surface area (Å²) in [5.41, 5.74) is 0.312. The molecule has 0 aromatic heterocycles. The highest BCUT2D eigenvalue weighted by molar-refractivity contribution is 7.92. The van der Waals surface area contributed by atoms with Crippen LogP contribution in [0.2, 0.25) is 0 Å². The number of benzene rings is 3. The van der Waals surface area contributed by atoms with Crippen LogP contribution in [-0.2, 0) is 20.0 Å². The van der Waals surface area contributed by atoms with Gasteiger partial charge in [-0.25, -0.2) is 16.8 Å². The molecule has 1 aliphatic rings. The number of hydrogen-bond acceptors (Lipinski definition) is 4. The summed E-state index contributed by atoms with van der Waals surface area (Å²) in [6.45, 7) is 5.12. The van der Waals surface area contributed by atoms with Crippen LogP contribution in [0, 0.1) is 11.8 Å². The lowest BCUT2D eigenvalue weighted by Crippen LogP contribution is -2.42. The van der Waals surface area contributed by atoms with Crippen LogP contribution in [0.1, 0.15) is 20.3 Å². The normalized spacial score (nSPS) is 20.6. The van der Waals surface area contributed by atoms with E-state index in [9.17, 15) is 16.8 Å². The van der Waals surface area contributed by atoms with Crippen molar-refractivity contribution in [3.8, 4) is 0 Å². The second-order valence-corrected chi connectivity index (χ2v) is 12.0. The average molecular weight is 459 g/mol. The molecule has 1 heterocycles. The third kappa shape index (κ3) is 4.61. The van der Waals surface area contributed by atoms with E-state index in [2.05, 4.69) is 18.6 Å². The second-order valence-electron chi connectivity index (χ2n) is 8.41. The average Bonchev–Trinajstić information content (AvgIpc) is 2.73. The summed E-state index contributed by atoms with van der Waals surface area (Å²) in [6.07, 6.45) is 1.02. The van der Waals surface area contributed by atoms with E-state index in [1.807, 2.05) is 24.3 Å². The Morgan fingerprint density at radius 1 is 0.774 bits per heavy atom. The van der Waals surface area contributed by atoms with Gasteiger partial charge >= 0.3 is 0 Å². The molecule has 31 heavy (non-hydrogen) atoms. The number of fused-ring (bicyclic) bond motifs is 1. The Balaban J connectivity index is 1.55. The van der Waals surface area contributed by atoms with E-state index in [4.69, 9.17) is 0 Å². The molecule has 0 spiro atoms. The summed E-state index contributed by atoms with van der Waals surface area (Å²) in [6, 6.07) is 18.4. The minimum Gasteiger partial charge on any atom is -0.280 e. The maximum atomic E-state index is 13.0. The molecular formula is C23H26N2O4S2. The van der Waals surface area contributed by atoms with Crippen molar-refractivity contribution in [2.45, 2.75) is 30.1 Å². The first-order valence-electron chi connectivity index (χ1n) is 10.3. The van der Waals surface area contributed by atoms with Gasteiger partial charge in [0.05, 0.1) is 9.79 Å². The van der Waals surface area contributed by atoms with Crippen LogP contribution in [0.25, 0.3) is 10.8 Å². The molecule has 8 heteroatoms. The van der Waals surface area contributed by atoms with Gasteiger partial charge in [-0.15, -0.1) is 0 Å². The third-order valence-corrected chi connectivity index (χ3v) is 8.84. The van der Waals surface area contributed by atoms with Crippen molar-refractivity contribution in [3.63, 3.8) is 0 Å². The van der Waals surface area contributed by atoms with E-state index in [1.165, 1.54) is 28.6 Å². The van der Waals surface area contributed by atoms with Crippen LogP contribution in [0.15, 0.2) is 76.5 Å². The fourth-order valence-corrected chi connectivity index (χ4v) is 6.97. The molecule has 1 N–H and O–H groups in total. The van der Waals surface area contributed by atoms with Gasteiger partial charge in [0, 0.05) is 18.8 Å². The van der Waals surface area contributed by atoms with Crippen molar-refractivity contribution in [2.24, 2.45) is 11.8 Å². The number of sulfonamides is 2. The highest BCUT2D eigenvalue weighted by Crippen LogP contribution is 2.28. The highest BCUT2D eigenvalue weighted by Gasteiger charge is 2.31. The lowest BCUT2D eigenvalue weighted by atomic mass is 9.94. The molecule has 164 valence electrons. The number of hydrogen-bond donors (Lipinski definition) is 1. The van der Waals surface area contributed by atoms with Gasteiger partial charge in [-0.3, -0.25) is 4.72 Å². The van der Waals surface area contributed by atoms with Crippen LogP contribution in [0.3, 0.4) is 0 Å². The Morgan fingerprint density at radius 2 is 1.35 bits per heavy atom. The lowest BCUT2D eigenvalue weighted by Gasteiger charge is -2.34. The topological polar surface area (TPSA) is 83.6 Å². The maximum Gasteiger partial charge on any atom is 0.261 e. The Kier molecular flexibility index (Phi) is 5.81.